The lowest BCUT2D eigenvalue weighted by molar-refractivity contribution is 0.104. The number of hydrogen-bond donors (Lipinski definition) is 0. The van der Waals surface area contributed by atoms with E-state index in [1.807, 2.05) is 12.1 Å². The number of hydrogen-bond acceptors (Lipinski definition) is 4. The Morgan fingerprint density at radius 1 is 1.50 bits per heavy atom. The molecule has 0 bridgehead atoms. The molecule has 1 aliphatic heterocycles. The molecule has 5 heteroatoms. The van der Waals surface area contributed by atoms with E-state index < -0.39 is 0 Å². The highest BCUT2D eigenvalue weighted by Gasteiger charge is 2.24. The van der Waals surface area contributed by atoms with Gasteiger partial charge in [-0.1, -0.05) is 0 Å². The maximum absolute atomic E-state index is 11.1. The standard InChI is InChI=1S/C13H13N3O2/c17-9-10-8-16(11-3-1-5-14-7-11)15-13(10)12-4-2-6-18-12/h1,3,5,7-9,12H,2,4,6H2. The molecule has 18 heavy (non-hydrogen) atoms. The summed E-state index contributed by atoms with van der Waals surface area (Å²) in [4.78, 5) is 15.1. The third-order valence-corrected chi connectivity index (χ3v) is 3.04. The number of aldehydes is 1. The molecule has 0 aliphatic carbocycles. The average Bonchev–Trinajstić information content (AvgIpc) is 3.08. The molecule has 1 saturated heterocycles. The highest BCUT2D eigenvalue weighted by molar-refractivity contribution is 5.76. The number of rotatable bonds is 3. The summed E-state index contributed by atoms with van der Waals surface area (Å²) in [6.07, 6.45) is 7.85. The second kappa shape index (κ2) is 4.70. The van der Waals surface area contributed by atoms with Crippen LogP contribution in [0.3, 0.4) is 0 Å². The van der Waals surface area contributed by atoms with Crippen LogP contribution < -0.4 is 0 Å². The van der Waals surface area contributed by atoms with E-state index in [2.05, 4.69) is 10.1 Å². The van der Waals surface area contributed by atoms with Crippen molar-refractivity contribution in [2.75, 3.05) is 6.61 Å². The molecule has 1 fully saturated rings. The Hall–Kier alpha value is -2.01. The van der Waals surface area contributed by atoms with Crippen molar-refractivity contribution < 1.29 is 9.53 Å². The molecule has 92 valence electrons. The van der Waals surface area contributed by atoms with Crippen LogP contribution in [-0.4, -0.2) is 27.7 Å². The molecule has 0 spiro atoms. The Balaban J connectivity index is 2.00. The Labute approximate surface area is 104 Å². The van der Waals surface area contributed by atoms with Crippen molar-refractivity contribution in [2.45, 2.75) is 18.9 Å². The van der Waals surface area contributed by atoms with Crippen LogP contribution in [0.25, 0.3) is 5.69 Å². The SMILES string of the molecule is O=Cc1cn(-c2cccnc2)nc1C1CCCO1. The molecule has 3 heterocycles. The van der Waals surface area contributed by atoms with Gasteiger partial charge in [0, 0.05) is 19.0 Å². The van der Waals surface area contributed by atoms with Gasteiger partial charge in [-0.15, -0.1) is 0 Å². The lowest BCUT2D eigenvalue weighted by Gasteiger charge is -2.06. The van der Waals surface area contributed by atoms with Crippen LogP contribution in [0.2, 0.25) is 0 Å². The van der Waals surface area contributed by atoms with Crippen molar-refractivity contribution in [2.24, 2.45) is 0 Å². The van der Waals surface area contributed by atoms with Crippen LogP contribution in [0.5, 0.6) is 0 Å². The molecule has 0 radical (unpaired) electrons. The maximum atomic E-state index is 11.1. The fourth-order valence-corrected chi connectivity index (χ4v) is 2.16. The lowest BCUT2D eigenvalue weighted by Crippen LogP contribution is -2.01. The monoisotopic (exact) mass is 243 g/mol. The maximum Gasteiger partial charge on any atom is 0.153 e. The lowest BCUT2D eigenvalue weighted by atomic mass is 10.1. The predicted molar refractivity (Wildman–Crippen MR) is 64.7 cm³/mol. The third kappa shape index (κ3) is 1.93. The zero-order valence-corrected chi connectivity index (χ0v) is 9.82. The molecule has 3 rings (SSSR count). The normalized spacial score (nSPS) is 19.0. The number of carbonyl (C=O) groups excluding carboxylic acids is 1. The number of pyridine rings is 1. The summed E-state index contributed by atoms with van der Waals surface area (Å²) >= 11 is 0. The van der Waals surface area contributed by atoms with Crippen molar-refractivity contribution in [1.29, 1.82) is 0 Å². The van der Waals surface area contributed by atoms with E-state index in [1.165, 1.54) is 0 Å². The Kier molecular flexibility index (Phi) is 2.90. The molecule has 2 aromatic rings. The quantitative estimate of drug-likeness (QED) is 0.773. The van der Waals surface area contributed by atoms with E-state index in [4.69, 9.17) is 4.74 Å². The summed E-state index contributed by atoms with van der Waals surface area (Å²) in [6.45, 7) is 0.739. The molecular weight excluding hydrogens is 230 g/mol. The van der Waals surface area contributed by atoms with Gasteiger partial charge in [-0.3, -0.25) is 9.78 Å². The van der Waals surface area contributed by atoms with E-state index >= 15 is 0 Å². The number of carbonyl (C=O) groups is 1. The topological polar surface area (TPSA) is 57.0 Å². The van der Waals surface area contributed by atoms with Gasteiger partial charge in [-0.05, 0) is 25.0 Å². The summed E-state index contributed by atoms with van der Waals surface area (Å²) in [7, 11) is 0. The first-order valence-corrected chi connectivity index (χ1v) is 5.95. The first-order chi connectivity index (χ1) is 8.88. The second-order valence-corrected chi connectivity index (χ2v) is 4.24. The zero-order valence-electron chi connectivity index (χ0n) is 9.82. The van der Waals surface area contributed by atoms with Crippen molar-refractivity contribution >= 4 is 6.29 Å². The number of ether oxygens (including phenoxy) is 1. The molecule has 0 N–H and O–H groups in total. The van der Waals surface area contributed by atoms with E-state index in [0.29, 0.717) is 5.56 Å². The van der Waals surface area contributed by atoms with Crippen LogP contribution in [0.1, 0.15) is 35.0 Å². The fraction of sp³-hybridized carbons (Fsp3) is 0.308. The van der Waals surface area contributed by atoms with Crippen LogP contribution >= 0.6 is 0 Å². The Morgan fingerprint density at radius 3 is 3.11 bits per heavy atom. The first kappa shape index (κ1) is 11.1. The zero-order chi connectivity index (χ0) is 12.4. The van der Waals surface area contributed by atoms with Gasteiger partial charge in [0.25, 0.3) is 0 Å². The molecule has 2 aromatic heterocycles. The molecule has 5 nitrogen and oxygen atoms in total. The fourth-order valence-electron chi connectivity index (χ4n) is 2.16. The summed E-state index contributed by atoms with van der Waals surface area (Å²) < 4.78 is 7.25. The van der Waals surface area contributed by atoms with Crippen molar-refractivity contribution in [3.8, 4) is 5.69 Å². The van der Waals surface area contributed by atoms with Crippen LogP contribution in [0.15, 0.2) is 30.7 Å². The highest BCUT2D eigenvalue weighted by Crippen LogP contribution is 2.29. The van der Waals surface area contributed by atoms with Gasteiger partial charge in [-0.2, -0.15) is 5.10 Å². The van der Waals surface area contributed by atoms with Gasteiger partial charge in [0.2, 0.25) is 0 Å². The summed E-state index contributed by atoms with van der Waals surface area (Å²) in [5.41, 5.74) is 2.15. The number of aromatic nitrogens is 3. The minimum absolute atomic E-state index is 0.0527. The Bertz CT molecular complexity index is 545. The molecule has 0 aromatic carbocycles. The van der Waals surface area contributed by atoms with Gasteiger partial charge in [0.1, 0.15) is 11.8 Å². The van der Waals surface area contributed by atoms with Gasteiger partial charge < -0.3 is 4.74 Å². The second-order valence-electron chi connectivity index (χ2n) is 4.24. The van der Waals surface area contributed by atoms with Crippen LogP contribution in [0, 0.1) is 0 Å². The largest absolute Gasteiger partial charge is 0.372 e. The Morgan fingerprint density at radius 2 is 2.44 bits per heavy atom. The van der Waals surface area contributed by atoms with Crippen LogP contribution in [-0.2, 0) is 4.74 Å². The minimum atomic E-state index is -0.0527. The summed E-state index contributed by atoms with van der Waals surface area (Å²) in [5.74, 6) is 0. The molecule has 0 saturated carbocycles. The smallest absolute Gasteiger partial charge is 0.153 e. The van der Waals surface area contributed by atoms with Crippen molar-refractivity contribution in [3.63, 3.8) is 0 Å². The average molecular weight is 243 g/mol. The molecule has 1 aliphatic rings. The van der Waals surface area contributed by atoms with Crippen molar-refractivity contribution in [3.05, 3.63) is 42.0 Å². The predicted octanol–water partition coefficient (Wildman–Crippen LogP) is 1.93. The van der Waals surface area contributed by atoms with E-state index in [1.54, 1.807) is 23.3 Å². The molecule has 0 amide bonds. The van der Waals surface area contributed by atoms with E-state index in [-0.39, 0.29) is 6.10 Å². The van der Waals surface area contributed by atoms with Crippen molar-refractivity contribution in [1.82, 2.24) is 14.8 Å². The van der Waals surface area contributed by atoms with E-state index in [0.717, 1.165) is 37.1 Å². The number of nitrogens with zero attached hydrogens (tertiary/aromatic N) is 3. The molecular formula is C13H13N3O2. The minimum Gasteiger partial charge on any atom is -0.372 e. The van der Waals surface area contributed by atoms with Gasteiger partial charge in [0.05, 0.1) is 17.4 Å². The van der Waals surface area contributed by atoms with Gasteiger partial charge >= 0.3 is 0 Å². The highest BCUT2D eigenvalue weighted by atomic mass is 16.5. The van der Waals surface area contributed by atoms with Gasteiger partial charge in [0.15, 0.2) is 6.29 Å². The third-order valence-electron chi connectivity index (χ3n) is 3.04. The van der Waals surface area contributed by atoms with Gasteiger partial charge in [-0.25, -0.2) is 4.68 Å². The van der Waals surface area contributed by atoms with E-state index in [9.17, 15) is 4.79 Å². The molecule has 1 atom stereocenters. The summed E-state index contributed by atoms with van der Waals surface area (Å²) in [6, 6.07) is 3.73. The molecule has 1 unspecified atom stereocenters. The summed E-state index contributed by atoms with van der Waals surface area (Å²) in [5, 5.41) is 4.45. The van der Waals surface area contributed by atoms with Crippen LogP contribution in [0.4, 0.5) is 0 Å². The first-order valence-electron chi connectivity index (χ1n) is 5.95.